The van der Waals surface area contributed by atoms with E-state index in [0.29, 0.717) is 63.6 Å². The van der Waals surface area contributed by atoms with Crippen LogP contribution in [0.4, 0.5) is 0 Å². The second-order valence-electron chi connectivity index (χ2n) is 19.6. The van der Waals surface area contributed by atoms with Gasteiger partial charge in [-0.3, -0.25) is 0 Å². The van der Waals surface area contributed by atoms with Crippen LogP contribution in [0.3, 0.4) is 0 Å². The fourth-order valence-electron chi connectivity index (χ4n) is 8.41. The lowest BCUT2D eigenvalue weighted by Crippen LogP contribution is -2.62. The largest absolute Gasteiger partial charge is 0.380 e. The van der Waals surface area contributed by atoms with Crippen molar-refractivity contribution >= 4 is 17.1 Å². The van der Waals surface area contributed by atoms with Crippen molar-refractivity contribution in [3.63, 3.8) is 0 Å². The first-order valence-electron chi connectivity index (χ1n) is 18.3. The minimum atomic E-state index is -1.10. The van der Waals surface area contributed by atoms with E-state index in [4.69, 9.17) is 22.8 Å². The Labute approximate surface area is 291 Å². The van der Waals surface area contributed by atoms with Gasteiger partial charge in [0.1, 0.15) is 0 Å². The Morgan fingerprint density at radius 1 is 0.553 bits per heavy atom. The molecule has 4 fully saturated rings. The molecule has 0 aromatic carbocycles. The molecule has 0 aliphatic carbocycles. The fourth-order valence-corrected chi connectivity index (χ4v) is 12.6. The molecule has 4 aliphatic heterocycles. The van der Waals surface area contributed by atoms with Crippen LogP contribution in [-0.2, 0) is 22.8 Å². The maximum absolute atomic E-state index is 6.58. The van der Waals surface area contributed by atoms with Crippen molar-refractivity contribution in [2.45, 2.75) is 157 Å². The standard InChI is InChI=1S/C36H72N4O5P2/c1-27(2)19-39(29-15-31(5,6)37-32(7,8)16-29)46-42-23-35(13,24-43-46)21-41-22-36(14)25-44-47(45-26-36)40(20-28(3)4)30-17-33(9,10)38-34(11,12)18-30/h27-30,37-38H,15-26H2,1-14H3. The van der Waals surface area contributed by atoms with Crippen LogP contribution in [-0.4, -0.2) is 96.3 Å². The van der Waals surface area contributed by atoms with Crippen LogP contribution in [0.25, 0.3) is 0 Å². The van der Waals surface area contributed by atoms with E-state index < -0.39 is 17.1 Å². The van der Waals surface area contributed by atoms with E-state index in [2.05, 4.69) is 117 Å². The molecule has 0 saturated carbocycles. The molecule has 0 radical (unpaired) electrons. The highest BCUT2D eigenvalue weighted by molar-refractivity contribution is 7.44. The predicted molar refractivity (Wildman–Crippen MR) is 196 cm³/mol. The van der Waals surface area contributed by atoms with Crippen molar-refractivity contribution in [2.75, 3.05) is 52.7 Å². The fraction of sp³-hybridized carbons (Fsp3) is 1.00. The Bertz CT molecular complexity index is 899. The highest BCUT2D eigenvalue weighted by Gasteiger charge is 2.47. The Balaban J connectivity index is 1.28. The van der Waals surface area contributed by atoms with Gasteiger partial charge in [0.25, 0.3) is 17.1 Å². The van der Waals surface area contributed by atoms with Gasteiger partial charge in [0.05, 0.1) is 39.6 Å². The zero-order valence-electron chi connectivity index (χ0n) is 32.6. The van der Waals surface area contributed by atoms with E-state index in [0.717, 1.165) is 38.8 Å². The zero-order chi connectivity index (χ0) is 35.1. The van der Waals surface area contributed by atoms with Gasteiger partial charge in [-0.1, -0.05) is 41.5 Å². The summed E-state index contributed by atoms with van der Waals surface area (Å²) in [5.74, 6) is 1.08. The zero-order valence-corrected chi connectivity index (χ0v) is 34.4. The van der Waals surface area contributed by atoms with Gasteiger partial charge < -0.3 is 33.5 Å². The average Bonchev–Trinajstić information content (AvgIpc) is 2.88. The Morgan fingerprint density at radius 2 is 0.830 bits per heavy atom. The van der Waals surface area contributed by atoms with Crippen molar-refractivity contribution in [1.82, 2.24) is 20.0 Å². The Hall–Kier alpha value is 0.500. The lowest BCUT2D eigenvalue weighted by Gasteiger charge is -2.52. The highest BCUT2D eigenvalue weighted by atomic mass is 31.2. The van der Waals surface area contributed by atoms with Crippen LogP contribution >= 0.6 is 17.1 Å². The van der Waals surface area contributed by atoms with Crippen LogP contribution in [0.1, 0.15) is 123 Å². The van der Waals surface area contributed by atoms with Crippen LogP contribution in [0.2, 0.25) is 0 Å². The molecule has 47 heavy (non-hydrogen) atoms. The number of ether oxygens (including phenoxy) is 1. The topological polar surface area (TPSA) is 76.7 Å². The van der Waals surface area contributed by atoms with Crippen molar-refractivity contribution in [1.29, 1.82) is 0 Å². The second-order valence-corrected chi connectivity index (χ2v) is 22.6. The molecule has 0 aromatic rings. The number of piperidine rings is 2. The first-order valence-corrected chi connectivity index (χ1v) is 20.6. The van der Waals surface area contributed by atoms with Gasteiger partial charge >= 0.3 is 0 Å². The Morgan fingerprint density at radius 3 is 1.09 bits per heavy atom. The molecule has 0 amide bonds. The maximum atomic E-state index is 6.58. The number of rotatable bonds is 12. The number of hydrogen-bond acceptors (Lipinski definition) is 9. The minimum Gasteiger partial charge on any atom is -0.380 e. The van der Waals surface area contributed by atoms with Crippen LogP contribution in [0.5, 0.6) is 0 Å². The van der Waals surface area contributed by atoms with Gasteiger partial charge in [0, 0.05) is 58.2 Å². The van der Waals surface area contributed by atoms with Gasteiger partial charge in [0.2, 0.25) is 0 Å². The van der Waals surface area contributed by atoms with E-state index in [-0.39, 0.29) is 33.0 Å². The summed E-state index contributed by atoms with van der Waals surface area (Å²) in [6.07, 6.45) is 4.35. The lowest BCUT2D eigenvalue weighted by molar-refractivity contribution is -0.0799. The van der Waals surface area contributed by atoms with Crippen LogP contribution in [0.15, 0.2) is 0 Å². The Kier molecular flexibility index (Phi) is 13.1. The maximum Gasteiger partial charge on any atom is 0.259 e. The molecule has 4 heterocycles. The monoisotopic (exact) mass is 702 g/mol. The molecular formula is C36H72N4O5P2. The average molecular weight is 703 g/mol. The van der Waals surface area contributed by atoms with E-state index in [1.165, 1.54) is 0 Å². The SMILES string of the molecule is CC(C)CN(C1CC(C)(C)NC(C)(C)C1)P1OCC(C)(COCC2(C)COP(N(CC(C)C)C3CC(C)(C)NC(C)(C)C3)OC2)CO1. The van der Waals surface area contributed by atoms with Gasteiger partial charge in [0.15, 0.2) is 0 Å². The third-order valence-corrected chi connectivity index (χ3v) is 12.9. The highest BCUT2D eigenvalue weighted by Crippen LogP contribution is 2.54. The summed E-state index contributed by atoms with van der Waals surface area (Å²) in [6.45, 7) is 37.9. The van der Waals surface area contributed by atoms with E-state index >= 15 is 0 Å². The van der Waals surface area contributed by atoms with Gasteiger partial charge in [-0.05, 0) is 92.9 Å². The molecule has 9 nitrogen and oxygen atoms in total. The van der Waals surface area contributed by atoms with Crippen molar-refractivity contribution < 1.29 is 22.8 Å². The molecule has 0 bridgehead atoms. The van der Waals surface area contributed by atoms with Gasteiger partial charge in [-0.15, -0.1) is 0 Å². The third-order valence-electron chi connectivity index (χ3n) is 9.70. The minimum absolute atomic E-state index is 0.0762. The summed E-state index contributed by atoms with van der Waals surface area (Å²) in [4.78, 5) is 0. The molecule has 0 unspecified atom stereocenters. The molecule has 0 spiro atoms. The summed E-state index contributed by atoms with van der Waals surface area (Å²) in [6, 6.07) is 0.854. The summed E-state index contributed by atoms with van der Waals surface area (Å²) >= 11 is 0. The van der Waals surface area contributed by atoms with Crippen LogP contribution in [0, 0.1) is 22.7 Å². The van der Waals surface area contributed by atoms with Gasteiger partial charge in [-0.2, -0.15) is 0 Å². The molecule has 2 N–H and O–H groups in total. The van der Waals surface area contributed by atoms with Crippen molar-refractivity contribution in [3.8, 4) is 0 Å². The van der Waals surface area contributed by atoms with Gasteiger partial charge in [-0.25, -0.2) is 9.34 Å². The van der Waals surface area contributed by atoms with E-state index in [1.807, 2.05) is 0 Å². The number of nitrogens with zero attached hydrogens (tertiary/aromatic N) is 2. The molecule has 4 saturated heterocycles. The molecule has 4 aliphatic rings. The smallest absolute Gasteiger partial charge is 0.259 e. The van der Waals surface area contributed by atoms with Crippen molar-refractivity contribution in [2.24, 2.45) is 22.7 Å². The van der Waals surface area contributed by atoms with E-state index in [9.17, 15) is 0 Å². The van der Waals surface area contributed by atoms with Crippen molar-refractivity contribution in [3.05, 3.63) is 0 Å². The first-order chi connectivity index (χ1) is 21.5. The number of hydrogen-bond donors (Lipinski definition) is 2. The molecule has 0 aromatic heterocycles. The normalized spacial score (nSPS) is 34.9. The first kappa shape index (κ1) is 40.3. The molecule has 276 valence electrons. The summed E-state index contributed by atoms with van der Waals surface area (Å²) in [7, 11) is -2.20. The van der Waals surface area contributed by atoms with E-state index in [1.54, 1.807) is 0 Å². The molecular weight excluding hydrogens is 630 g/mol. The molecule has 11 heteroatoms. The quantitative estimate of drug-likeness (QED) is 0.196. The summed E-state index contributed by atoms with van der Waals surface area (Å²) < 4.78 is 37.9. The second kappa shape index (κ2) is 15.2. The number of nitrogens with one attached hydrogen (secondary N) is 2. The lowest BCUT2D eigenvalue weighted by atomic mass is 9.79. The predicted octanol–water partition coefficient (Wildman–Crippen LogP) is 8.10. The van der Waals surface area contributed by atoms with Crippen LogP contribution < -0.4 is 10.6 Å². The molecule has 0 atom stereocenters. The summed E-state index contributed by atoms with van der Waals surface area (Å²) in [5.41, 5.74) is -0.0620. The summed E-state index contributed by atoms with van der Waals surface area (Å²) in [5, 5.41) is 7.67. The molecule has 4 rings (SSSR count). The third kappa shape index (κ3) is 11.8.